The number of nitrogens with zero attached hydrogens (tertiary/aromatic N) is 2. The number of allylic oxidation sites excluding steroid dienone is 1. The first-order valence-corrected chi connectivity index (χ1v) is 13.2. The van der Waals surface area contributed by atoms with Gasteiger partial charge in [0.2, 0.25) is 0 Å². The number of benzene rings is 3. The van der Waals surface area contributed by atoms with Gasteiger partial charge in [-0.3, -0.25) is 14.2 Å². The van der Waals surface area contributed by atoms with Crippen LogP contribution in [0.5, 0.6) is 11.5 Å². The van der Waals surface area contributed by atoms with Crippen molar-refractivity contribution < 1.29 is 23.8 Å². The number of esters is 2. The van der Waals surface area contributed by atoms with Gasteiger partial charge in [0.05, 0.1) is 29.5 Å². The van der Waals surface area contributed by atoms with Gasteiger partial charge in [-0.25, -0.2) is 9.79 Å². The summed E-state index contributed by atoms with van der Waals surface area (Å²) in [7, 11) is 1.56. The van der Waals surface area contributed by atoms with Crippen LogP contribution < -0.4 is 24.4 Å². The topological polar surface area (TPSA) is 96.2 Å². The van der Waals surface area contributed by atoms with Crippen molar-refractivity contribution in [3.8, 4) is 11.5 Å². The monoisotopic (exact) mass is 542 g/mol. The largest absolute Gasteiger partial charge is 0.496 e. The lowest BCUT2D eigenvalue weighted by Gasteiger charge is -2.27. The summed E-state index contributed by atoms with van der Waals surface area (Å²) in [5.41, 5.74) is 1.79. The quantitative estimate of drug-likeness (QED) is 0.271. The smallest absolute Gasteiger partial charge is 0.338 e. The van der Waals surface area contributed by atoms with Crippen molar-refractivity contribution in [1.82, 2.24) is 4.57 Å². The average Bonchev–Trinajstić information content (AvgIpc) is 3.21. The molecule has 0 spiro atoms. The van der Waals surface area contributed by atoms with Crippen LogP contribution >= 0.6 is 11.3 Å². The molecule has 0 amide bonds. The number of methoxy groups -OCH3 is 1. The molecule has 0 fully saturated rings. The third kappa shape index (κ3) is 4.88. The molecule has 9 heteroatoms. The second kappa shape index (κ2) is 10.7. The minimum atomic E-state index is -0.823. The molecule has 5 rings (SSSR count). The molecular formula is C30H26N2O6S. The number of hydrogen-bond acceptors (Lipinski definition) is 8. The SMILES string of the molecule is CCOC(=O)C1=C(C)N=c2s/c(=C\c3cccc(OC(C)=O)c3)c(=O)n2[C@@H]1c1c(OC)ccc2ccccc12. The van der Waals surface area contributed by atoms with E-state index in [2.05, 4.69) is 4.99 Å². The molecule has 8 nitrogen and oxygen atoms in total. The highest BCUT2D eigenvalue weighted by Crippen LogP contribution is 2.40. The van der Waals surface area contributed by atoms with Gasteiger partial charge in [-0.2, -0.15) is 0 Å². The van der Waals surface area contributed by atoms with Crippen LogP contribution in [0.2, 0.25) is 0 Å². The molecule has 1 aromatic heterocycles. The van der Waals surface area contributed by atoms with Crippen molar-refractivity contribution in [2.45, 2.75) is 26.8 Å². The van der Waals surface area contributed by atoms with Crippen LogP contribution in [0.25, 0.3) is 16.8 Å². The van der Waals surface area contributed by atoms with Crippen LogP contribution in [0.3, 0.4) is 0 Å². The molecule has 0 radical (unpaired) electrons. The van der Waals surface area contributed by atoms with Crippen molar-refractivity contribution in [2.24, 2.45) is 4.99 Å². The summed E-state index contributed by atoms with van der Waals surface area (Å²) < 4.78 is 18.3. The number of thiazole rings is 1. The number of fused-ring (bicyclic) bond motifs is 2. The molecule has 0 bridgehead atoms. The molecule has 0 saturated carbocycles. The molecular weight excluding hydrogens is 516 g/mol. The molecule has 0 aliphatic carbocycles. The molecule has 1 atom stereocenters. The summed E-state index contributed by atoms with van der Waals surface area (Å²) in [5, 5.41) is 1.79. The zero-order chi connectivity index (χ0) is 27.7. The summed E-state index contributed by atoms with van der Waals surface area (Å²) in [4.78, 5) is 43.8. The first-order chi connectivity index (χ1) is 18.8. The van der Waals surface area contributed by atoms with Crippen LogP contribution in [0.15, 0.2) is 81.7 Å². The molecule has 0 saturated heterocycles. The standard InChI is InChI=1S/C30H26N2O6S/c1-5-37-29(35)25-17(2)31-30-32(27(25)26-22-12-7-6-10-20(22)13-14-23(26)36-4)28(34)24(39-30)16-19-9-8-11-21(15-19)38-18(3)33/h6-16,27H,5H2,1-4H3/b24-16-/t27-/m0/s1. The molecule has 0 unspecified atom stereocenters. The summed E-state index contributed by atoms with van der Waals surface area (Å²) in [5.74, 6) is -0.0543. The van der Waals surface area contributed by atoms with Crippen LogP contribution in [-0.2, 0) is 14.3 Å². The van der Waals surface area contributed by atoms with Crippen molar-refractivity contribution in [3.05, 3.63) is 103 Å². The van der Waals surface area contributed by atoms with Crippen molar-refractivity contribution in [3.63, 3.8) is 0 Å². The second-order valence-electron chi connectivity index (χ2n) is 8.87. The van der Waals surface area contributed by atoms with Crippen molar-refractivity contribution >= 4 is 40.1 Å². The number of hydrogen-bond donors (Lipinski definition) is 0. The normalized spacial score (nSPS) is 15.1. The van der Waals surface area contributed by atoms with Gasteiger partial charge in [-0.15, -0.1) is 0 Å². The van der Waals surface area contributed by atoms with Gasteiger partial charge in [0, 0.05) is 12.5 Å². The fourth-order valence-electron chi connectivity index (χ4n) is 4.79. The number of carbonyl (C=O) groups excluding carboxylic acids is 2. The summed E-state index contributed by atoms with van der Waals surface area (Å²) >= 11 is 1.22. The predicted octanol–water partition coefficient (Wildman–Crippen LogP) is 3.89. The minimum absolute atomic E-state index is 0.179. The van der Waals surface area contributed by atoms with E-state index in [1.807, 2.05) is 42.5 Å². The van der Waals surface area contributed by atoms with Crippen molar-refractivity contribution in [2.75, 3.05) is 13.7 Å². The average molecular weight is 543 g/mol. The maximum absolute atomic E-state index is 14.0. The Morgan fingerprint density at radius 3 is 2.64 bits per heavy atom. The van der Waals surface area contributed by atoms with E-state index in [1.54, 1.807) is 45.2 Å². The van der Waals surface area contributed by atoms with E-state index in [-0.39, 0.29) is 17.7 Å². The van der Waals surface area contributed by atoms with E-state index in [4.69, 9.17) is 14.2 Å². The zero-order valence-corrected chi connectivity index (χ0v) is 22.7. The lowest BCUT2D eigenvalue weighted by atomic mass is 9.90. The van der Waals surface area contributed by atoms with Crippen LogP contribution in [-0.4, -0.2) is 30.2 Å². The number of ether oxygens (including phenoxy) is 3. The Morgan fingerprint density at radius 1 is 1.10 bits per heavy atom. The fraction of sp³-hybridized carbons (Fsp3) is 0.200. The Morgan fingerprint density at radius 2 is 1.90 bits per heavy atom. The van der Waals surface area contributed by atoms with Gasteiger partial charge in [0.25, 0.3) is 5.56 Å². The van der Waals surface area contributed by atoms with E-state index in [0.29, 0.717) is 37.7 Å². The second-order valence-corrected chi connectivity index (χ2v) is 9.88. The highest BCUT2D eigenvalue weighted by atomic mass is 32.1. The Balaban J connectivity index is 1.79. The predicted molar refractivity (Wildman–Crippen MR) is 149 cm³/mol. The Bertz CT molecular complexity index is 1830. The Labute approximate surface area is 228 Å². The molecule has 0 N–H and O–H groups in total. The zero-order valence-electron chi connectivity index (χ0n) is 21.9. The number of aromatic nitrogens is 1. The van der Waals surface area contributed by atoms with Crippen molar-refractivity contribution in [1.29, 1.82) is 0 Å². The van der Waals surface area contributed by atoms with E-state index < -0.39 is 18.0 Å². The summed E-state index contributed by atoms with van der Waals surface area (Å²) in [6.45, 7) is 4.99. The summed E-state index contributed by atoms with van der Waals surface area (Å²) in [6, 6.07) is 17.6. The third-order valence-corrected chi connectivity index (χ3v) is 7.34. The molecule has 1 aliphatic heterocycles. The lowest BCUT2D eigenvalue weighted by Crippen LogP contribution is -2.40. The van der Waals surface area contributed by atoms with E-state index in [1.165, 1.54) is 22.8 Å². The number of rotatable bonds is 6. The van der Waals surface area contributed by atoms with E-state index >= 15 is 0 Å². The maximum atomic E-state index is 14.0. The lowest BCUT2D eigenvalue weighted by molar-refractivity contribution is -0.139. The van der Waals surface area contributed by atoms with Crippen LogP contribution in [0.1, 0.15) is 37.9 Å². The maximum Gasteiger partial charge on any atom is 0.338 e. The molecule has 1 aliphatic rings. The first-order valence-electron chi connectivity index (χ1n) is 12.4. The van der Waals surface area contributed by atoms with Gasteiger partial charge in [0.15, 0.2) is 4.80 Å². The van der Waals surface area contributed by atoms with E-state index in [9.17, 15) is 14.4 Å². The fourth-order valence-corrected chi connectivity index (χ4v) is 5.83. The molecule has 198 valence electrons. The molecule has 3 aromatic carbocycles. The third-order valence-electron chi connectivity index (χ3n) is 6.36. The highest BCUT2D eigenvalue weighted by molar-refractivity contribution is 7.07. The van der Waals surface area contributed by atoms with Gasteiger partial charge < -0.3 is 14.2 Å². The molecule has 2 heterocycles. The molecule has 39 heavy (non-hydrogen) atoms. The molecule has 4 aromatic rings. The van der Waals surface area contributed by atoms with Gasteiger partial charge in [-0.1, -0.05) is 53.8 Å². The highest BCUT2D eigenvalue weighted by Gasteiger charge is 2.36. The minimum Gasteiger partial charge on any atom is -0.496 e. The first kappa shape index (κ1) is 26.1. The Hall–Kier alpha value is -4.50. The summed E-state index contributed by atoms with van der Waals surface area (Å²) in [6.07, 6.45) is 1.72. The van der Waals surface area contributed by atoms with Gasteiger partial charge in [-0.05, 0) is 54.5 Å². The number of carbonyl (C=O) groups is 2. The van der Waals surface area contributed by atoms with Crippen LogP contribution in [0, 0.1) is 0 Å². The van der Waals surface area contributed by atoms with Gasteiger partial charge in [0.1, 0.15) is 17.5 Å². The van der Waals surface area contributed by atoms with Gasteiger partial charge >= 0.3 is 11.9 Å². The van der Waals surface area contributed by atoms with Crippen LogP contribution in [0.4, 0.5) is 0 Å². The van der Waals surface area contributed by atoms with E-state index in [0.717, 1.165) is 10.8 Å². The Kier molecular flexibility index (Phi) is 7.17.